The van der Waals surface area contributed by atoms with E-state index in [0.29, 0.717) is 22.9 Å². The summed E-state index contributed by atoms with van der Waals surface area (Å²) in [6, 6.07) is 12.9. The van der Waals surface area contributed by atoms with E-state index in [2.05, 4.69) is 15.8 Å². The van der Waals surface area contributed by atoms with Gasteiger partial charge in [0.1, 0.15) is 17.3 Å². The van der Waals surface area contributed by atoms with E-state index in [1.54, 1.807) is 31.4 Å². The number of hydrazine groups is 1. The van der Waals surface area contributed by atoms with Crippen LogP contribution in [-0.2, 0) is 23.1 Å². The number of para-hydroxylation sites is 2. The molecule has 0 spiro atoms. The molecule has 2 N–H and O–H groups in total. The van der Waals surface area contributed by atoms with E-state index in [1.165, 1.54) is 13.2 Å². The summed E-state index contributed by atoms with van der Waals surface area (Å²) < 4.78 is 12.3. The van der Waals surface area contributed by atoms with Crippen LogP contribution in [0.15, 0.2) is 48.5 Å². The third-order valence-corrected chi connectivity index (χ3v) is 4.38. The number of aromatic nitrogens is 2. The van der Waals surface area contributed by atoms with Crippen molar-refractivity contribution in [1.82, 2.24) is 20.4 Å². The fraction of sp³-hybridized carbons (Fsp3) is 0.190. The molecule has 0 aliphatic carbocycles. The Balaban J connectivity index is 1.57. The molecule has 1 aromatic heterocycles. The highest BCUT2D eigenvalue weighted by atomic mass is 16.5. The predicted octanol–water partition coefficient (Wildman–Crippen LogP) is 1.99. The van der Waals surface area contributed by atoms with Crippen molar-refractivity contribution in [2.24, 2.45) is 7.05 Å². The molecule has 150 valence electrons. The van der Waals surface area contributed by atoms with E-state index in [0.717, 1.165) is 11.0 Å². The minimum absolute atomic E-state index is 0.0431. The summed E-state index contributed by atoms with van der Waals surface area (Å²) in [5.74, 6) is 0.988. The Morgan fingerprint density at radius 2 is 1.90 bits per heavy atom. The third-order valence-electron chi connectivity index (χ3n) is 4.38. The van der Waals surface area contributed by atoms with Crippen molar-refractivity contribution < 1.29 is 19.1 Å². The molecule has 29 heavy (non-hydrogen) atoms. The molecule has 8 nitrogen and oxygen atoms in total. The molecule has 3 aromatic rings. The number of nitrogens with one attached hydrogen (secondary N) is 2. The van der Waals surface area contributed by atoms with E-state index in [9.17, 15) is 9.59 Å². The number of amides is 2. The lowest BCUT2D eigenvalue weighted by Crippen LogP contribution is -2.41. The highest BCUT2D eigenvalue weighted by Gasteiger charge is 2.12. The minimum atomic E-state index is -0.471. The van der Waals surface area contributed by atoms with Crippen LogP contribution in [-0.4, -0.2) is 35.6 Å². The molecule has 0 atom stereocenters. The van der Waals surface area contributed by atoms with E-state index < -0.39 is 5.91 Å². The van der Waals surface area contributed by atoms with Crippen LogP contribution in [0.5, 0.6) is 11.5 Å². The monoisotopic (exact) mass is 394 g/mol. The van der Waals surface area contributed by atoms with Crippen molar-refractivity contribution >= 4 is 28.9 Å². The van der Waals surface area contributed by atoms with E-state index in [1.807, 2.05) is 35.9 Å². The molecule has 2 amide bonds. The lowest BCUT2D eigenvalue weighted by Gasteiger charge is -2.08. The number of rotatable bonds is 6. The first-order chi connectivity index (χ1) is 14.0. The van der Waals surface area contributed by atoms with E-state index >= 15 is 0 Å². The fourth-order valence-corrected chi connectivity index (χ4v) is 2.84. The molecular weight excluding hydrogens is 372 g/mol. The van der Waals surface area contributed by atoms with Crippen LogP contribution in [0.4, 0.5) is 0 Å². The van der Waals surface area contributed by atoms with Gasteiger partial charge >= 0.3 is 0 Å². The zero-order valence-electron chi connectivity index (χ0n) is 16.4. The molecule has 3 rings (SSSR count). The average molecular weight is 394 g/mol. The van der Waals surface area contributed by atoms with Gasteiger partial charge in [-0.05, 0) is 30.3 Å². The maximum atomic E-state index is 12.2. The Morgan fingerprint density at radius 3 is 2.62 bits per heavy atom. The molecule has 0 saturated heterocycles. The van der Waals surface area contributed by atoms with Crippen molar-refractivity contribution in [2.75, 3.05) is 14.2 Å². The summed E-state index contributed by atoms with van der Waals surface area (Å²) in [5.41, 5.74) is 7.21. The molecule has 0 radical (unpaired) electrons. The molecule has 0 fully saturated rings. The van der Waals surface area contributed by atoms with Gasteiger partial charge in [-0.1, -0.05) is 12.1 Å². The Morgan fingerprint density at radius 1 is 1.10 bits per heavy atom. The van der Waals surface area contributed by atoms with Gasteiger partial charge in [-0.2, -0.15) is 0 Å². The zero-order chi connectivity index (χ0) is 20.8. The van der Waals surface area contributed by atoms with Gasteiger partial charge in [-0.15, -0.1) is 0 Å². The highest BCUT2D eigenvalue weighted by molar-refractivity contribution is 5.93. The van der Waals surface area contributed by atoms with Crippen molar-refractivity contribution in [3.8, 4) is 11.5 Å². The summed E-state index contributed by atoms with van der Waals surface area (Å²) in [5, 5.41) is 0. The number of imidazole rings is 1. The summed E-state index contributed by atoms with van der Waals surface area (Å²) in [4.78, 5) is 28.6. The molecule has 0 aliphatic heterocycles. The molecule has 8 heteroatoms. The van der Waals surface area contributed by atoms with Gasteiger partial charge in [0, 0.05) is 24.8 Å². The second kappa shape index (κ2) is 8.92. The van der Waals surface area contributed by atoms with Crippen molar-refractivity contribution in [2.45, 2.75) is 6.42 Å². The molecule has 2 aromatic carbocycles. The summed E-state index contributed by atoms with van der Waals surface area (Å²) in [7, 11) is 4.95. The number of aryl methyl sites for hydroxylation is 1. The van der Waals surface area contributed by atoms with Crippen LogP contribution in [0.1, 0.15) is 11.4 Å². The number of benzene rings is 2. The molecule has 0 aliphatic rings. The number of carbonyl (C=O) groups is 2. The molecular formula is C21H22N4O4. The number of fused-ring (bicyclic) bond motifs is 1. The maximum absolute atomic E-state index is 12.2. The van der Waals surface area contributed by atoms with Crippen molar-refractivity contribution in [1.29, 1.82) is 0 Å². The predicted molar refractivity (Wildman–Crippen MR) is 109 cm³/mol. The number of methoxy groups -OCH3 is 2. The van der Waals surface area contributed by atoms with Gasteiger partial charge in [0.25, 0.3) is 5.91 Å². The van der Waals surface area contributed by atoms with Crippen LogP contribution in [0.25, 0.3) is 17.1 Å². The normalized spacial score (nSPS) is 10.9. The fourth-order valence-electron chi connectivity index (χ4n) is 2.84. The van der Waals surface area contributed by atoms with Gasteiger partial charge < -0.3 is 14.0 Å². The SMILES string of the molecule is COc1ccc(/C=C\C(=O)NNC(=O)Cc2nc3ccccc3n2C)c(OC)c1. The first-order valence-electron chi connectivity index (χ1n) is 8.91. The summed E-state index contributed by atoms with van der Waals surface area (Å²) >= 11 is 0. The summed E-state index contributed by atoms with van der Waals surface area (Å²) in [6.07, 6.45) is 2.94. The Labute approximate surface area is 168 Å². The number of hydrogen-bond acceptors (Lipinski definition) is 5. The molecule has 1 heterocycles. The van der Waals surface area contributed by atoms with E-state index in [4.69, 9.17) is 9.47 Å². The molecule has 0 unspecified atom stereocenters. The highest BCUT2D eigenvalue weighted by Crippen LogP contribution is 2.25. The van der Waals surface area contributed by atoms with Gasteiger partial charge in [0.2, 0.25) is 5.91 Å². The smallest absolute Gasteiger partial charge is 0.262 e. The van der Waals surface area contributed by atoms with Crippen LogP contribution >= 0.6 is 0 Å². The van der Waals surface area contributed by atoms with Crippen LogP contribution in [0.3, 0.4) is 0 Å². The standard InChI is InChI=1S/C21H22N4O4/c1-25-17-7-5-4-6-16(17)22-19(25)13-21(27)24-23-20(26)11-9-14-8-10-15(28-2)12-18(14)29-3/h4-12H,13H2,1-3H3,(H,23,26)(H,24,27)/b11-9-. The van der Waals surface area contributed by atoms with E-state index in [-0.39, 0.29) is 12.3 Å². The number of nitrogens with zero attached hydrogens (tertiary/aromatic N) is 2. The Bertz CT molecular complexity index is 1070. The number of carbonyl (C=O) groups excluding carboxylic acids is 2. The van der Waals surface area contributed by atoms with Crippen LogP contribution in [0.2, 0.25) is 0 Å². The second-order valence-corrected chi connectivity index (χ2v) is 6.23. The van der Waals surface area contributed by atoms with Crippen LogP contribution in [0, 0.1) is 0 Å². The van der Waals surface area contributed by atoms with Gasteiger partial charge in [-0.3, -0.25) is 20.4 Å². The van der Waals surface area contributed by atoms with Gasteiger partial charge in [0.05, 0.1) is 31.7 Å². The Kier molecular flexibility index (Phi) is 6.13. The molecule has 0 bridgehead atoms. The first kappa shape index (κ1) is 19.9. The number of ether oxygens (including phenoxy) is 2. The van der Waals surface area contributed by atoms with Gasteiger partial charge in [-0.25, -0.2) is 4.98 Å². The lowest BCUT2D eigenvalue weighted by molar-refractivity contribution is -0.126. The Hall–Kier alpha value is -3.81. The quantitative estimate of drug-likeness (QED) is 0.493. The number of hydrogen-bond donors (Lipinski definition) is 2. The first-order valence-corrected chi connectivity index (χ1v) is 8.91. The third kappa shape index (κ3) is 4.73. The lowest BCUT2D eigenvalue weighted by atomic mass is 10.1. The second-order valence-electron chi connectivity index (χ2n) is 6.23. The topological polar surface area (TPSA) is 94.5 Å². The maximum Gasteiger partial charge on any atom is 0.262 e. The zero-order valence-corrected chi connectivity index (χ0v) is 16.4. The minimum Gasteiger partial charge on any atom is -0.497 e. The van der Waals surface area contributed by atoms with Gasteiger partial charge in [0.15, 0.2) is 0 Å². The van der Waals surface area contributed by atoms with Crippen molar-refractivity contribution in [3.63, 3.8) is 0 Å². The molecule has 0 saturated carbocycles. The average Bonchev–Trinajstić information content (AvgIpc) is 3.06. The van der Waals surface area contributed by atoms with Crippen molar-refractivity contribution in [3.05, 3.63) is 59.9 Å². The van der Waals surface area contributed by atoms with Crippen LogP contribution < -0.4 is 20.3 Å². The summed E-state index contributed by atoms with van der Waals surface area (Å²) in [6.45, 7) is 0. The largest absolute Gasteiger partial charge is 0.497 e.